The summed E-state index contributed by atoms with van der Waals surface area (Å²) >= 11 is 0. The number of fused-ring (bicyclic) bond motifs is 6. The molecule has 3 heterocycles. The molecule has 0 spiro atoms. The predicted octanol–water partition coefficient (Wildman–Crippen LogP) is 2.27. The first-order valence-electron chi connectivity index (χ1n) is 8.38. The largest absolute Gasteiger partial charge is 0.481 e. The summed E-state index contributed by atoms with van der Waals surface area (Å²) in [7, 11) is 0. The molecule has 3 aromatic heterocycles. The molecule has 0 unspecified atom stereocenters. The normalized spacial score (nSPS) is 11.3. The van der Waals surface area contributed by atoms with Crippen molar-refractivity contribution in [3.8, 4) is 0 Å². The van der Waals surface area contributed by atoms with Crippen molar-refractivity contribution in [2.45, 2.75) is 12.8 Å². The van der Waals surface area contributed by atoms with Crippen molar-refractivity contribution in [2.75, 3.05) is 0 Å². The Kier molecular flexibility index (Phi) is 4.12. The van der Waals surface area contributed by atoms with E-state index < -0.39 is 35.5 Å². The highest BCUT2D eigenvalue weighted by Gasteiger charge is 2.27. The molecular weight excluding hydrogens is 402 g/mol. The van der Waals surface area contributed by atoms with Crippen molar-refractivity contribution < 1.29 is 44.0 Å². The van der Waals surface area contributed by atoms with Crippen LogP contribution >= 0.6 is 0 Å². The zero-order chi connectivity index (χ0) is 21.7. The van der Waals surface area contributed by atoms with E-state index in [1.807, 2.05) is 0 Å². The number of benzene rings is 1. The smallest absolute Gasteiger partial charge is 0.416 e. The van der Waals surface area contributed by atoms with Gasteiger partial charge in [-0.2, -0.15) is 0 Å². The molecule has 4 aromatic rings. The van der Waals surface area contributed by atoms with Crippen molar-refractivity contribution in [1.82, 2.24) is 14.5 Å². The van der Waals surface area contributed by atoms with Crippen LogP contribution in [0.15, 0.2) is 22.7 Å². The van der Waals surface area contributed by atoms with Crippen molar-refractivity contribution in [2.24, 2.45) is 0 Å². The molecule has 12 heteroatoms. The minimum absolute atomic E-state index is 0.0622. The lowest BCUT2D eigenvalue weighted by Gasteiger charge is -2.06. The Hall–Kier alpha value is -4.48. The van der Waals surface area contributed by atoms with E-state index >= 15 is 0 Å². The van der Waals surface area contributed by atoms with E-state index in [4.69, 9.17) is 9.52 Å². The molecule has 0 saturated carbocycles. The molecule has 4 N–H and O–H groups in total. The number of hydrogen-bond donors (Lipinski definition) is 4. The molecule has 0 atom stereocenters. The second kappa shape index (κ2) is 6.55. The van der Waals surface area contributed by atoms with Crippen LogP contribution in [0.3, 0.4) is 0 Å². The van der Waals surface area contributed by atoms with Crippen molar-refractivity contribution >= 4 is 56.9 Å². The third kappa shape index (κ3) is 2.78. The van der Waals surface area contributed by atoms with E-state index in [1.54, 1.807) is 0 Å². The Morgan fingerprint density at radius 3 is 2.30 bits per heavy atom. The van der Waals surface area contributed by atoms with Gasteiger partial charge in [0.05, 0.1) is 22.9 Å². The van der Waals surface area contributed by atoms with Crippen molar-refractivity contribution in [1.29, 1.82) is 0 Å². The van der Waals surface area contributed by atoms with Crippen LogP contribution in [0.2, 0.25) is 0 Å². The number of aromatic nitrogens is 3. The molecule has 0 bridgehead atoms. The number of rotatable bonds is 5. The second-order valence-corrected chi connectivity index (χ2v) is 6.32. The first kappa shape index (κ1) is 18.9. The number of pyridine rings is 1. The zero-order valence-corrected chi connectivity index (χ0v) is 14.8. The van der Waals surface area contributed by atoms with Gasteiger partial charge in [-0.1, -0.05) is 0 Å². The van der Waals surface area contributed by atoms with E-state index in [1.165, 1.54) is 12.1 Å². The van der Waals surface area contributed by atoms with Gasteiger partial charge in [0.15, 0.2) is 5.58 Å². The van der Waals surface area contributed by atoms with Gasteiger partial charge >= 0.3 is 29.9 Å². The summed E-state index contributed by atoms with van der Waals surface area (Å²) in [5.41, 5.74) is -0.380. The lowest BCUT2D eigenvalue weighted by atomic mass is 10.1. The average Bonchev–Trinajstić information content (AvgIpc) is 3.28. The topological polar surface area (TPSA) is 193 Å². The number of carboxylic acids is 3. The first-order chi connectivity index (χ1) is 14.2. The number of oxazole rings is 1. The quantitative estimate of drug-likeness (QED) is 0.375. The fourth-order valence-electron chi connectivity index (χ4n) is 3.30. The number of carboxylic acid groups (broad SMARTS) is 4. The maximum absolute atomic E-state index is 11.7. The lowest BCUT2D eigenvalue weighted by molar-refractivity contribution is -0.137. The Balaban J connectivity index is 2.20. The van der Waals surface area contributed by atoms with Crippen molar-refractivity contribution in [3.63, 3.8) is 0 Å². The molecule has 30 heavy (non-hydrogen) atoms. The Morgan fingerprint density at radius 1 is 0.967 bits per heavy atom. The Morgan fingerprint density at radius 2 is 1.70 bits per heavy atom. The number of hydrogen-bond acceptors (Lipinski definition) is 7. The fraction of sp³-hybridized carbons (Fsp3) is 0.111. The Labute approximate surface area is 164 Å². The Bertz CT molecular complexity index is 1410. The first-order valence-corrected chi connectivity index (χ1v) is 8.38. The summed E-state index contributed by atoms with van der Waals surface area (Å²) in [6, 6.07) is 2.94. The number of aliphatic carboxylic acids is 1. The van der Waals surface area contributed by atoms with Gasteiger partial charge in [0.2, 0.25) is 0 Å². The summed E-state index contributed by atoms with van der Waals surface area (Å²) in [5, 5.41) is 37.3. The van der Waals surface area contributed by atoms with Gasteiger partial charge in [0.1, 0.15) is 11.0 Å². The monoisotopic (exact) mass is 413 g/mol. The SMILES string of the molecule is O=C(O)CCc1ccc2c(n1)c1nc(C(=O)O)oc1c1c(C(=O)O)cn(C(=O)O)c21. The summed E-state index contributed by atoms with van der Waals surface area (Å²) in [6.45, 7) is 0. The van der Waals surface area contributed by atoms with E-state index in [0.717, 1.165) is 6.20 Å². The van der Waals surface area contributed by atoms with Gasteiger partial charge in [0, 0.05) is 23.7 Å². The van der Waals surface area contributed by atoms with Gasteiger partial charge in [0.25, 0.3) is 0 Å². The number of aromatic carboxylic acids is 2. The van der Waals surface area contributed by atoms with Gasteiger partial charge in [-0.25, -0.2) is 19.4 Å². The molecular formula is C18H11N3O9. The standard InChI is InChI=1S/C18H11N3O9/c22-9(23)4-2-6-1-3-7-11(19-6)12-14(30-15(20-12)17(26)27)10-8(16(24)25)5-21(13(7)10)18(28)29/h1,3,5H,2,4H2,(H,22,23)(H,24,25)(H,26,27)(H,28,29). The van der Waals surface area contributed by atoms with Gasteiger partial charge in [-0.05, 0) is 12.1 Å². The van der Waals surface area contributed by atoms with Crippen LogP contribution in [0.25, 0.3) is 32.9 Å². The van der Waals surface area contributed by atoms with Crippen LogP contribution in [0.4, 0.5) is 4.79 Å². The molecule has 152 valence electrons. The molecule has 0 saturated heterocycles. The molecule has 0 fully saturated rings. The molecule has 0 aliphatic rings. The van der Waals surface area contributed by atoms with Crippen LogP contribution in [-0.4, -0.2) is 59.0 Å². The lowest BCUT2D eigenvalue weighted by Crippen LogP contribution is -2.06. The second-order valence-electron chi connectivity index (χ2n) is 6.32. The molecule has 1 aromatic carbocycles. The average molecular weight is 413 g/mol. The van der Waals surface area contributed by atoms with Crippen LogP contribution in [0.5, 0.6) is 0 Å². The zero-order valence-electron chi connectivity index (χ0n) is 14.8. The predicted molar refractivity (Wildman–Crippen MR) is 98.1 cm³/mol. The minimum Gasteiger partial charge on any atom is -0.481 e. The number of nitrogens with zero attached hydrogens (tertiary/aromatic N) is 3. The summed E-state index contributed by atoms with van der Waals surface area (Å²) in [4.78, 5) is 53.9. The van der Waals surface area contributed by atoms with Gasteiger partial charge in [-0.15, -0.1) is 0 Å². The maximum atomic E-state index is 11.7. The number of aryl methyl sites for hydroxylation is 1. The maximum Gasteiger partial charge on any atom is 0.416 e. The number of carbonyl (C=O) groups is 4. The molecule has 0 radical (unpaired) electrons. The third-order valence-electron chi connectivity index (χ3n) is 4.51. The fourth-order valence-corrected chi connectivity index (χ4v) is 3.30. The summed E-state index contributed by atoms with van der Waals surface area (Å²) in [6.07, 6.45) is -0.733. The molecule has 0 amide bonds. The highest BCUT2D eigenvalue weighted by molar-refractivity contribution is 6.26. The third-order valence-corrected chi connectivity index (χ3v) is 4.51. The van der Waals surface area contributed by atoms with E-state index in [-0.39, 0.29) is 45.7 Å². The van der Waals surface area contributed by atoms with Gasteiger partial charge < -0.3 is 24.8 Å². The molecule has 0 aliphatic carbocycles. The van der Waals surface area contributed by atoms with E-state index in [9.17, 15) is 34.5 Å². The van der Waals surface area contributed by atoms with Crippen LogP contribution in [0.1, 0.15) is 33.2 Å². The van der Waals surface area contributed by atoms with Crippen LogP contribution in [-0.2, 0) is 11.2 Å². The van der Waals surface area contributed by atoms with E-state index in [2.05, 4.69) is 9.97 Å². The highest BCUT2D eigenvalue weighted by Crippen LogP contribution is 2.37. The van der Waals surface area contributed by atoms with Crippen LogP contribution in [0, 0.1) is 0 Å². The molecule has 4 rings (SSSR count). The van der Waals surface area contributed by atoms with Crippen LogP contribution < -0.4 is 0 Å². The van der Waals surface area contributed by atoms with Crippen molar-refractivity contribution in [3.05, 3.63) is 35.5 Å². The van der Waals surface area contributed by atoms with E-state index in [0.29, 0.717) is 10.3 Å². The summed E-state index contributed by atoms with van der Waals surface area (Å²) < 4.78 is 5.94. The minimum atomic E-state index is -1.51. The summed E-state index contributed by atoms with van der Waals surface area (Å²) in [5.74, 6) is -4.72. The molecule has 0 aliphatic heterocycles. The highest BCUT2D eigenvalue weighted by atomic mass is 16.4. The molecule has 12 nitrogen and oxygen atoms in total. The van der Waals surface area contributed by atoms with Gasteiger partial charge in [-0.3, -0.25) is 14.3 Å².